The van der Waals surface area contributed by atoms with Gasteiger partial charge in [0, 0.05) is 10.1 Å². The van der Waals surface area contributed by atoms with Crippen LogP contribution >= 0.6 is 11.8 Å². The van der Waals surface area contributed by atoms with Gasteiger partial charge in [0.2, 0.25) is 0 Å². The van der Waals surface area contributed by atoms with Gasteiger partial charge < -0.3 is 9.84 Å². The molecular formula is C21H26O3S. The molecule has 0 aliphatic rings. The van der Waals surface area contributed by atoms with Crippen molar-refractivity contribution in [2.45, 2.75) is 49.5 Å². The third kappa shape index (κ3) is 5.91. The van der Waals surface area contributed by atoms with Crippen LogP contribution in [0.2, 0.25) is 0 Å². The summed E-state index contributed by atoms with van der Waals surface area (Å²) in [6.07, 6.45) is -0.915. The number of benzene rings is 2. The van der Waals surface area contributed by atoms with Crippen LogP contribution in [0.3, 0.4) is 0 Å². The van der Waals surface area contributed by atoms with Gasteiger partial charge in [-0.15, -0.1) is 11.8 Å². The number of aliphatic hydroxyl groups excluding tert-OH is 1. The van der Waals surface area contributed by atoms with E-state index in [1.165, 1.54) is 0 Å². The van der Waals surface area contributed by atoms with Crippen molar-refractivity contribution < 1.29 is 14.6 Å². The highest BCUT2D eigenvalue weighted by Gasteiger charge is 2.36. The quantitative estimate of drug-likeness (QED) is 0.592. The second-order valence-corrected chi connectivity index (χ2v) is 8.50. The van der Waals surface area contributed by atoms with Crippen LogP contribution in [0.15, 0.2) is 65.6 Å². The van der Waals surface area contributed by atoms with Gasteiger partial charge in [-0.1, -0.05) is 55.5 Å². The van der Waals surface area contributed by atoms with Crippen LogP contribution < -0.4 is 0 Å². The van der Waals surface area contributed by atoms with E-state index in [-0.39, 0.29) is 11.2 Å². The minimum atomic E-state index is -0.915. The van der Waals surface area contributed by atoms with Gasteiger partial charge in [-0.25, -0.2) is 0 Å². The highest BCUT2D eigenvalue weighted by molar-refractivity contribution is 8.00. The summed E-state index contributed by atoms with van der Waals surface area (Å²) < 4.78 is 5.59. The van der Waals surface area contributed by atoms with E-state index in [1.807, 2.05) is 88.4 Å². The van der Waals surface area contributed by atoms with Crippen LogP contribution in [0, 0.1) is 5.92 Å². The lowest BCUT2D eigenvalue weighted by molar-refractivity contribution is -0.164. The number of carbonyl (C=O) groups is 1. The smallest absolute Gasteiger partial charge is 0.313 e. The van der Waals surface area contributed by atoms with E-state index >= 15 is 0 Å². The van der Waals surface area contributed by atoms with Crippen LogP contribution in [-0.2, 0) is 9.53 Å². The third-order valence-electron chi connectivity index (χ3n) is 3.73. The predicted molar refractivity (Wildman–Crippen MR) is 102 cm³/mol. The molecule has 0 saturated carbocycles. The molecule has 4 heteroatoms. The number of hydrogen-bond donors (Lipinski definition) is 1. The molecule has 0 bridgehead atoms. The van der Waals surface area contributed by atoms with Crippen LogP contribution in [-0.4, -0.2) is 21.9 Å². The maximum Gasteiger partial charge on any atom is 0.313 e. The predicted octanol–water partition coefficient (Wildman–Crippen LogP) is 4.86. The van der Waals surface area contributed by atoms with Gasteiger partial charge in [-0.3, -0.25) is 4.79 Å². The Hall–Kier alpha value is -1.78. The zero-order valence-corrected chi connectivity index (χ0v) is 16.0. The molecule has 0 saturated heterocycles. The van der Waals surface area contributed by atoms with Gasteiger partial charge in [0.1, 0.15) is 5.60 Å². The topological polar surface area (TPSA) is 46.5 Å². The van der Waals surface area contributed by atoms with Gasteiger partial charge >= 0.3 is 5.97 Å². The van der Waals surface area contributed by atoms with Crippen molar-refractivity contribution in [3.05, 3.63) is 66.2 Å². The van der Waals surface area contributed by atoms with Gasteiger partial charge in [-0.05, 0) is 38.5 Å². The number of ether oxygens (including phenoxy) is 1. The molecule has 0 unspecified atom stereocenters. The van der Waals surface area contributed by atoms with Gasteiger partial charge in [0.05, 0.1) is 12.0 Å². The van der Waals surface area contributed by atoms with Crippen molar-refractivity contribution in [3.63, 3.8) is 0 Å². The first-order valence-corrected chi connectivity index (χ1v) is 9.33. The van der Waals surface area contributed by atoms with Crippen LogP contribution in [0.5, 0.6) is 0 Å². The molecule has 2 aromatic carbocycles. The maximum atomic E-state index is 12.8. The van der Waals surface area contributed by atoms with Crippen LogP contribution in [0.1, 0.15) is 39.4 Å². The average Bonchev–Trinajstić information content (AvgIpc) is 2.55. The summed E-state index contributed by atoms with van der Waals surface area (Å²) in [5, 5.41) is 10.7. The minimum absolute atomic E-state index is 0.146. The lowest BCUT2D eigenvalue weighted by atomic mass is 9.93. The summed E-state index contributed by atoms with van der Waals surface area (Å²) in [7, 11) is 0. The molecule has 0 aromatic heterocycles. The molecule has 0 radical (unpaired) electrons. The highest BCUT2D eigenvalue weighted by Crippen LogP contribution is 2.36. The zero-order chi connectivity index (χ0) is 18.4. The Bertz CT molecular complexity index is 665. The fourth-order valence-electron chi connectivity index (χ4n) is 2.59. The number of thioether (sulfide) groups is 1. The molecule has 1 N–H and O–H groups in total. The highest BCUT2D eigenvalue weighted by atomic mass is 32.2. The Morgan fingerprint density at radius 1 is 1.00 bits per heavy atom. The fraction of sp³-hybridized carbons (Fsp3) is 0.381. The molecule has 0 fully saturated rings. The Labute approximate surface area is 154 Å². The summed E-state index contributed by atoms with van der Waals surface area (Å²) in [5.74, 6) is -1.04. The number of hydrogen-bond acceptors (Lipinski definition) is 4. The van der Waals surface area contributed by atoms with Crippen molar-refractivity contribution in [2.24, 2.45) is 5.92 Å². The molecule has 3 nitrogen and oxygen atoms in total. The number of rotatable bonds is 6. The van der Waals surface area contributed by atoms with Crippen LogP contribution in [0.25, 0.3) is 0 Å². The van der Waals surface area contributed by atoms with E-state index in [1.54, 1.807) is 11.8 Å². The lowest BCUT2D eigenvalue weighted by Gasteiger charge is -2.30. The van der Waals surface area contributed by atoms with E-state index < -0.39 is 17.6 Å². The largest absolute Gasteiger partial charge is 0.460 e. The lowest BCUT2D eigenvalue weighted by Crippen LogP contribution is -2.36. The summed E-state index contributed by atoms with van der Waals surface area (Å²) in [6, 6.07) is 19.2. The molecule has 2 aromatic rings. The van der Waals surface area contributed by atoms with E-state index in [2.05, 4.69) is 0 Å². The number of aliphatic hydroxyl groups is 1. The summed E-state index contributed by atoms with van der Waals surface area (Å²) in [5.41, 5.74) is 0.127. The van der Waals surface area contributed by atoms with Crippen LogP contribution in [0.4, 0.5) is 0 Å². The molecule has 0 aliphatic heterocycles. The Balaban J connectivity index is 2.26. The van der Waals surface area contributed by atoms with E-state index in [0.717, 1.165) is 10.5 Å². The molecule has 3 atom stereocenters. The molecular weight excluding hydrogens is 332 g/mol. The monoisotopic (exact) mass is 358 g/mol. The molecule has 134 valence electrons. The Morgan fingerprint density at radius 3 is 2.04 bits per heavy atom. The second-order valence-electron chi connectivity index (χ2n) is 7.05. The van der Waals surface area contributed by atoms with Crippen molar-refractivity contribution >= 4 is 17.7 Å². The normalized spacial score (nSPS) is 15.2. The average molecular weight is 359 g/mol. The third-order valence-corrected chi connectivity index (χ3v) is 4.94. The van der Waals surface area contributed by atoms with Gasteiger partial charge in [-0.2, -0.15) is 0 Å². The maximum absolute atomic E-state index is 12.8. The van der Waals surface area contributed by atoms with E-state index in [0.29, 0.717) is 0 Å². The van der Waals surface area contributed by atoms with Crippen molar-refractivity contribution in [2.75, 3.05) is 0 Å². The van der Waals surface area contributed by atoms with E-state index in [4.69, 9.17) is 4.74 Å². The Morgan fingerprint density at radius 2 is 1.52 bits per heavy atom. The molecule has 0 amide bonds. The number of carbonyl (C=O) groups excluding carboxylic acids is 1. The zero-order valence-electron chi connectivity index (χ0n) is 15.2. The second kappa shape index (κ2) is 8.54. The molecule has 0 aliphatic carbocycles. The molecule has 2 rings (SSSR count). The molecule has 0 heterocycles. The van der Waals surface area contributed by atoms with E-state index in [9.17, 15) is 9.90 Å². The fourth-order valence-corrected chi connectivity index (χ4v) is 3.74. The van der Waals surface area contributed by atoms with Crippen molar-refractivity contribution in [3.8, 4) is 0 Å². The first-order valence-electron chi connectivity index (χ1n) is 8.45. The summed E-state index contributed by atoms with van der Waals surface area (Å²) in [4.78, 5) is 13.9. The van der Waals surface area contributed by atoms with Gasteiger partial charge in [0.15, 0.2) is 0 Å². The Kier molecular flexibility index (Phi) is 6.68. The SMILES string of the molecule is C[C@H](Sc1ccccc1)[C@H](C(=O)OC(C)(C)C)[C@@H](O)c1ccccc1. The molecule has 25 heavy (non-hydrogen) atoms. The first kappa shape index (κ1) is 19.5. The first-order chi connectivity index (χ1) is 11.8. The summed E-state index contributed by atoms with van der Waals surface area (Å²) >= 11 is 1.57. The van der Waals surface area contributed by atoms with Crippen molar-refractivity contribution in [1.29, 1.82) is 0 Å². The molecule has 0 spiro atoms. The summed E-state index contributed by atoms with van der Waals surface area (Å²) in [6.45, 7) is 7.47. The number of esters is 1. The standard InChI is InChI=1S/C21H26O3S/c1-15(25-17-13-9-6-10-14-17)18(20(23)24-21(2,3)4)19(22)16-11-7-5-8-12-16/h5-15,18-19,22H,1-4H3/t15-,18-,19-/m0/s1. The van der Waals surface area contributed by atoms with Crippen molar-refractivity contribution in [1.82, 2.24) is 0 Å². The minimum Gasteiger partial charge on any atom is -0.460 e. The van der Waals surface area contributed by atoms with Gasteiger partial charge in [0.25, 0.3) is 0 Å².